The number of hydrogen-bond donors (Lipinski definition) is 0. The predicted octanol–water partition coefficient (Wildman–Crippen LogP) is 3.79. The lowest BCUT2D eigenvalue weighted by molar-refractivity contribution is -0.151. The minimum absolute atomic E-state index is 0.188. The van der Waals surface area contributed by atoms with Gasteiger partial charge in [-0.15, -0.1) is 11.3 Å². The summed E-state index contributed by atoms with van der Waals surface area (Å²) in [4.78, 5) is 24.0. The highest BCUT2D eigenvalue weighted by atomic mass is 32.2. The molecule has 0 saturated carbocycles. The van der Waals surface area contributed by atoms with E-state index in [4.69, 9.17) is 4.74 Å². The third kappa shape index (κ3) is 7.38. The number of ether oxygens (including phenoxy) is 1. The lowest BCUT2D eigenvalue weighted by atomic mass is 10.2. The normalized spacial score (nSPS) is 11.3. The van der Waals surface area contributed by atoms with Crippen LogP contribution in [0.25, 0.3) is 0 Å². The van der Waals surface area contributed by atoms with Gasteiger partial charge in [0.05, 0.1) is 10.6 Å². The molecule has 106 valence electrons. The number of thioether (sulfide) groups is 1. The molecule has 1 aromatic rings. The second-order valence-electron chi connectivity index (χ2n) is 5.14. The molecule has 0 amide bonds. The number of thiophene rings is 1. The Hall–Kier alpha value is -0.810. The molecule has 0 aromatic carbocycles. The molecule has 0 spiro atoms. The van der Waals surface area contributed by atoms with E-state index in [0.717, 1.165) is 17.1 Å². The zero-order chi connectivity index (χ0) is 14.3. The summed E-state index contributed by atoms with van der Waals surface area (Å²) in [5.41, 5.74) is -0.424. The van der Waals surface area contributed by atoms with Crippen molar-refractivity contribution in [3.05, 3.63) is 22.4 Å². The van der Waals surface area contributed by atoms with Crippen LogP contribution < -0.4 is 0 Å². The van der Waals surface area contributed by atoms with Gasteiger partial charge < -0.3 is 4.74 Å². The van der Waals surface area contributed by atoms with E-state index >= 15 is 0 Å². The molecule has 1 heterocycles. The van der Waals surface area contributed by atoms with Crippen LogP contribution in [0.3, 0.4) is 0 Å². The molecular weight excluding hydrogens is 280 g/mol. The molecule has 1 rings (SSSR count). The van der Waals surface area contributed by atoms with E-state index in [-0.39, 0.29) is 11.8 Å². The lowest BCUT2D eigenvalue weighted by Gasteiger charge is -2.19. The van der Waals surface area contributed by atoms with E-state index in [1.165, 1.54) is 23.1 Å². The molecule has 0 fully saturated rings. The third-order valence-electron chi connectivity index (χ3n) is 2.13. The van der Waals surface area contributed by atoms with E-state index in [1.54, 1.807) is 0 Å². The summed E-state index contributed by atoms with van der Waals surface area (Å²) in [6.45, 7) is 5.57. The highest BCUT2D eigenvalue weighted by Crippen LogP contribution is 2.15. The van der Waals surface area contributed by atoms with Gasteiger partial charge in [0.2, 0.25) is 0 Å². The molecule has 0 bridgehead atoms. The Morgan fingerprint density at radius 2 is 2.11 bits per heavy atom. The molecule has 0 radical (unpaired) electrons. The Kier molecular flexibility index (Phi) is 6.58. The van der Waals surface area contributed by atoms with Crippen molar-refractivity contribution in [2.24, 2.45) is 0 Å². The maximum absolute atomic E-state index is 11.7. The standard InChI is InChI=1S/C14H20O3S2/c1-14(2,3)17-13(16)10-18-8-4-6-11(15)12-7-5-9-19-12/h5,7,9H,4,6,8,10H2,1-3H3. The van der Waals surface area contributed by atoms with Gasteiger partial charge in [-0.05, 0) is 44.4 Å². The minimum Gasteiger partial charge on any atom is -0.459 e. The van der Waals surface area contributed by atoms with Crippen LogP contribution in [0.4, 0.5) is 0 Å². The van der Waals surface area contributed by atoms with E-state index < -0.39 is 5.60 Å². The first-order valence-corrected chi connectivity index (χ1v) is 8.28. The van der Waals surface area contributed by atoms with E-state index in [1.807, 2.05) is 38.3 Å². The zero-order valence-corrected chi connectivity index (χ0v) is 13.2. The van der Waals surface area contributed by atoms with Crippen molar-refractivity contribution in [3.63, 3.8) is 0 Å². The van der Waals surface area contributed by atoms with Crippen LogP contribution in [-0.2, 0) is 9.53 Å². The molecular formula is C14H20O3S2. The van der Waals surface area contributed by atoms with Crippen LogP contribution in [0.2, 0.25) is 0 Å². The second-order valence-corrected chi connectivity index (χ2v) is 7.20. The first-order valence-electron chi connectivity index (χ1n) is 6.25. The summed E-state index contributed by atoms with van der Waals surface area (Å²) in [7, 11) is 0. The number of carbonyl (C=O) groups excluding carboxylic acids is 2. The van der Waals surface area contributed by atoms with Crippen molar-refractivity contribution >= 4 is 34.9 Å². The summed E-state index contributed by atoms with van der Waals surface area (Å²) in [6.07, 6.45) is 1.34. The fraction of sp³-hybridized carbons (Fsp3) is 0.571. The molecule has 0 aliphatic rings. The van der Waals surface area contributed by atoms with Crippen molar-refractivity contribution in [3.8, 4) is 0 Å². The van der Waals surface area contributed by atoms with Gasteiger partial charge >= 0.3 is 5.97 Å². The molecule has 19 heavy (non-hydrogen) atoms. The van der Waals surface area contributed by atoms with Gasteiger partial charge in [-0.3, -0.25) is 9.59 Å². The minimum atomic E-state index is -0.424. The Morgan fingerprint density at radius 3 is 2.68 bits per heavy atom. The number of ketones is 1. The largest absolute Gasteiger partial charge is 0.459 e. The maximum atomic E-state index is 11.7. The van der Waals surface area contributed by atoms with E-state index in [2.05, 4.69) is 0 Å². The Labute approximate surface area is 122 Å². The van der Waals surface area contributed by atoms with Crippen LogP contribution in [0.1, 0.15) is 43.3 Å². The molecule has 0 aliphatic carbocycles. The lowest BCUT2D eigenvalue weighted by Crippen LogP contribution is -2.25. The average Bonchev–Trinajstić information content (AvgIpc) is 2.79. The van der Waals surface area contributed by atoms with Gasteiger partial charge in [-0.25, -0.2) is 0 Å². The molecule has 1 aromatic heterocycles. The van der Waals surface area contributed by atoms with Crippen molar-refractivity contribution in [1.29, 1.82) is 0 Å². The van der Waals surface area contributed by atoms with Gasteiger partial charge in [0.15, 0.2) is 5.78 Å². The highest BCUT2D eigenvalue weighted by molar-refractivity contribution is 7.99. The van der Waals surface area contributed by atoms with Crippen LogP contribution >= 0.6 is 23.1 Å². The van der Waals surface area contributed by atoms with Crippen LogP contribution in [0.15, 0.2) is 17.5 Å². The van der Waals surface area contributed by atoms with Gasteiger partial charge in [0.1, 0.15) is 5.60 Å². The smallest absolute Gasteiger partial charge is 0.316 e. The number of esters is 1. The first kappa shape index (κ1) is 16.2. The number of hydrogen-bond acceptors (Lipinski definition) is 5. The number of carbonyl (C=O) groups is 2. The molecule has 0 saturated heterocycles. The highest BCUT2D eigenvalue weighted by Gasteiger charge is 2.15. The molecule has 5 heteroatoms. The van der Waals surface area contributed by atoms with Gasteiger partial charge in [0, 0.05) is 6.42 Å². The monoisotopic (exact) mass is 300 g/mol. The van der Waals surface area contributed by atoms with E-state index in [0.29, 0.717) is 12.2 Å². The topological polar surface area (TPSA) is 43.4 Å². The third-order valence-corrected chi connectivity index (χ3v) is 4.06. The summed E-state index contributed by atoms with van der Waals surface area (Å²) >= 11 is 2.99. The van der Waals surface area contributed by atoms with Gasteiger partial charge in [-0.1, -0.05) is 6.07 Å². The average molecular weight is 300 g/mol. The van der Waals surface area contributed by atoms with Crippen molar-refractivity contribution < 1.29 is 14.3 Å². The second kappa shape index (κ2) is 7.70. The zero-order valence-electron chi connectivity index (χ0n) is 11.6. The maximum Gasteiger partial charge on any atom is 0.316 e. The van der Waals surface area contributed by atoms with Gasteiger partial charge in [0.25, 0.3) is 0 Å². The molecule has 0 N–H and O–H groups in total. The number of Topliss-reactive ketones (excluding diaryl/α,β-unsaturated/α-hetero) is 1. The first-order chi connectivity index (χ1) is 8.88. The molecule has 3 nitrogen and oxygen atoms in total. The fourth-order valence-corrected chi connectivity index (χ4v) is 2.83. The fourth-order valence-electron chi connectivity index (χ4n) is 1.42. The van der Waals surface area contributed by atoms with Crippen molar-refractivity contribution in [2.75, 3.05) is 11.5 Å². The summed E-state index contributed by atoms with van der Waals surface area (Å²) in [5.74, 6) is 1.15. The summed E-state index contributed by atoms with van der Waals surface area (Å²) < 4.78 is 5.20. The summed E-state index contributed by atoms with van der Waals surface area (Å²) in [6, 6.07) is 3.73. The predicted molar refractivity (Wildman–Crippen MR) is 81.1 cm³/mol. The molecule has 0 unspecified atom stereocenters. The van der Waals surface area contributed by atoms with E-state index in [9.17, 15) is 9.59 Å². The van der Waals surface area contributed by atoms with Crippen molar-refractivity contribution in [1.82, 2.24) is 0 Å². The van der Waals surface area contributed by atoms with Gasteiger partial charge in [-0.2, -0.15) is 11.8 Å². The Bertz CT molecular complexity index is 405. The SMILES string of the molecule is CC(C)(C)OC(=O)CSCCCC(=O)c1cccs1. The van der Waals surface area contributed by atoms with Crippen molar-refractivity contribution in [2.45, 2.75) is 39.2 Å². The molecule has 0 atom stereocenters. The molecule has 0 aliphatic heterocycles. The van der Waals surface area contributed by atoms with Crippen LogP contribution in [0, 0.1) is 0 Å². The Morgan fingerprint density at radius 1 is 1.37 bits per heavy atom. The Balaban J connectivity index is 2.09. The summed E-state index contributed by atoms with van der Waals surface area (Å²) in [5, 5.41) is 1.91. The quantitative estimate of drug-likeness (QED) is 0.436. The van der Waals surface area contributed by atoms with Crippen LogP contribution in [0.5, 0.6) is 0 Å². The number of rotatable bonds is 7. The van der Waals surface area contributed by atoms with Crippen LogP contribution in [-0.4, -0.2) is 28.9 Å².